The SMILES string of the molecule is COc1ccc(OCCCS(C)(=O)=O)c(C#CCCl)c1. The fourth-order valence-electron chi connectivity index (χ4n) is 1.49. The summed E-state index contributed by atoms with van der Waals surface area (Å²) >= 11 is 5.54. The predicted octanol–water partition coefficient (Wildman–Crippen LogP) is 2.10. The van der Waals surface area contributed by atoms with Crippen LogP contribution in [0.5, 0.6) is 11.5 Å². The Morgan fingerprint density at radius 1 is 1.35 bits per heavy atom. The van der Waals surface area contributed by atoms with Crippen LogP contribution in [0, 0.1) is 11.8 Å². The van der Waals surface area contributed by atoms with E-state index < -0.39 is 9.84 Å². The van der Waals surface area contributed by atoms with Crippen LogP contribution in [0.15, 0.2) is 18.2 Å². The average Bonchev–Trinajstić information content (AvgIpc) is 2.40. The molecule has 0 aromatic heterocycles. The third-order valence-electron chi connectivity index (χ3n) is 2.39. The standard InChI is InChI=1S/C14H17ClO4S/c1-18-13-6-7-14(12(11-13)5-3-8-15)19-9-4-10-20(2,16)17/h6-7,11H,4,8-10H2,1-2H3. The van der Waals surface area contributed by atoms with Gasteiger partial charge in [0.25, 0.3) is 0 Å². The first-order valence-corrected chi connectivity index (χ1v) is 8.59. The summed E-state index contributed by atoms with van der Waals surface area (Å²) in [4.78, 5) is 0. The molecule has 0 saturated carbocycles. The zero-order valence-corrected chi connectivity index (χ0v) is 13.1. The van der Waals surface area contributed by atoms with Crippen molar-refractivity contribution in [1.82, 2.24) is 0 Å². The molecule has 4 nitrogen and oxygen atoms in total. The van der Waals surface area contributed by atoms with Crippen molar-refractivity contribution in [3.05, 3.63) is 23.8 Å². The Kier molecular flexibility index (Phi) is 6.69. The van der Waals surface area contributed by atoms with Crippen molar-refractivity contribution in [1.29, 1.82) is 0 Å². The number of alkyl halides is 1. The van der Waals surface area contributed by atoms with Crippen LogP contribution in [0.4, 0.5) is 0 Å². The van der Waals surface area contributed by atoms with Gasteiger partial charge in [-0.2, -0.15) is 0 Å². The highest BCUT2D eigenvalue weighted by Gasteiger charge is 2.06. The van der Waals surface area contributed by atoms with Gasteiger partial charge in [-0.3, -0.25) is 0 Å². The number of hydrogen-bond acceptors (Lipinski definition) is 4. The molecule has 0 fully saturated rings. The average molecular weight is 317 g/mol. The van der Waals surface area contributed by atoms with E-state index in [1.807, 2.05) is 0 Å². The predicted molar refractivity (Wildman–Crippen MR) is 80.4 cm³/mol. The summed E-state index contributed by atoms with van der Waals surface area (Å²) in [5.74, 6) is 7.24. The Hall–Kier alpha value is -1.38. The number of hydrogen-bond donors (Lipinski definition) is 0. The lowest BCUT2D eigenvalue weighted by molar-refractivity contribution is 0.316. The van der Waals surface area contributed by atoms with Gasteiger partial charge < -0.3 is 9.47 Å². The zero-order chi connectivity index (χ0) is 15.0. The second-order valence-corrected chi connectivity index (χ2v) is 6.66. The number of rotatable bonds is 6. The molecule has 6 heteroatoms. The number of methoxy groups -OCH3 is 1. The second kappa shape index (κ2) is 8.03. The summed E-state index contributed by atoms with van der Waals surface area (Å²) in [6, 6.07) is 5.26. The van der Waals surface area contributed by atoms with Crippen molar-refractivity contribution < 1.29 is 17.9 Å². The summed E-state index contributed by atoms with van der Waals surface area (Å²) < 4.78 is 32.7. The maximum absolute atomic E-state index is 11.0. The monoisotopic (exact) mass is 316 g/mol. The van der Waals surface area contributed by atoms with Gasteiger partial charge in [0.1, 0.15) is 21.3 Å². The van der Waals surface area contributed by atoms with E-state index in [1.54, 1.807) is 25.3 Å². The Balaban J connectivity index is 2.73. The van der Waals surface area contributed by atoms with Gasteiger partial charge in [0.2, 0.25) is 0 Å². The van der Waals surface area contributed by atoms with E-state index >= 15 is 0 Å². The third kappa shape index (κ3) is 6.18. The lowest BCUT2D eigenvalue weighted by atomic mass is 10.2. The minimum atomic E-state index is -2.96. The first-order valence-electron chi connectivity index (χ1n) is 5.99. The van der Waals surface area contributed by atoms with Crippen molar-refractivity contribution in [3.8, 4) is 23.3 Å². The van der Waals surface area contributed by atoms with E-state index in [0.717, 1.165) is 0 Å². The van der Waals surface area contributed by atoms with E-state index in [9.17, 15) is 8.42 Å². The number of benzene rings is 1. The molecule has 0 N–H and O–H groups in total. The van der Waals surface area contributed by atoms with Crippen LogP contribution < -0.4 is 9.47 Å². The summed E-state index contributed by atoms with van der Waals surface area (Å²) in [5, 5.41) is 0. The van der Waals surface area contributed by atoms with E-state index in [-0.39, 0.29) is 11.6 Å². The van der Waals surface area contributed by atoms with Gasteiger partial charge >= 0.3 is 0 Å². The Labute approximate surface area is 125 Å². The molecule has 0 radical (unpaired) electrons. The molecule has 1 rings (SSSR count). The van der Waals surface area contributed by atoms with E-state index in [4.69, 9.17) is 21.1 Å². The molecule has 1 aromatic carbocycles. The maximum atomic E-state index is 11.0. The van der Waals surface area contributed by atoms with Gasteiger partial charge in [0.05, 0.1) is 30.9 Å². The van der Waals surface area contributed by atoms with Crippen molar-refractivity contribution in [2.24, 2.45) is 0 Å². The first-order chi connectivity index (χ1) is 9.46. The fourth-order valence-corrected chi connectivity index (χ4v) is 2.20. The Morgan fingerprint density at radius 2 is 2.10 bits per heavy atom. The molecule has 1 aromatic rings. The van der Waals surface area contributed by atoms with Crippen molar-refractivity contribution in [2.45, 2.75) is 6.42 Å². The van der Waals surface area contributed by atoms with Crippen LogP contribution in [0.25, 0.3) is 0 Å². The minimum absolute atomic E-state index is 0.103. The number of sulfone groups is 1. The van der Waals surface area contributed by atoms with Crippen LogP contribution in [-0.4, -0.2) is 40.0 Å². The normalized spacial score (nSPS) is 10.6. The molecule has 0 bridgehead atoms. The molecule has 20 heavy (non-hydrogen) atoms. The van der Waals surface area contributed by atoms with Crippen molar-refractivity contribution in [3.63, 3.8) is 0 Å². The lowest BCUT2D eigenvalue weighted by Crippen LogP contribution is -2.08. The first kappa shape index (κ1) is 16.7. The molecule has 110 valence electrons. The van der Waals surface area contributed by atoms with Crippen LogP contribution in [0.1, 0.15) is 12.0 Å². The van der Waals surface area contributed by atoms with Gasteiger partial charge in [0.15, 0.2) is 0 Å². The van der Waals surface area contributed by atoms with Gasteiger partial charge in [-0.05, 0) is 24.6 Å². The zero-order valence-electron chi connectivity index (χ0n) is 11.5. The molecular formula is C14H17ClO4S. The molecule has 0 aliphatic rings. The highest BCUT2D eigenvalue weighted by molar-refractivity contribution is 7.90. The highest BCUT2D eigenvalue weighted by atomic mass is 35.5. The topological polar surface area (TPSA) is 52.6 Å². The van der Waals surface area contributed by atoms with Crippen molar-refractivity contribution >= 4 is 21.4 Å². The molecule has 0 spiro atoms. The maximum Gasteiger partial charge on any atom is 0.147 e. The summed E-state index contributed by atoms with van der Waals surface area (Å²) in [5.41, 5.74) is 0.671. The number of ether oxygens (including phenoxy) is 2. The third-order valence-corrected chi connectivity index (χ3v) is 3.56. The van der Waals surface area contributed by atoms with Crippen LogP contribution in [-0.2, 0) is 9.84 Å². The molecule has 0 saturated heterocycles. The summed E-state index contributed by atoms with van der Waals surface area (Å²) in [6.07, 6.45) is 1.64. The quantitative estimate of drug-likeness (QED) is 0.458. The molecule has 0 aliphatic carbocycles. The number of halogens is 1. The van der Waals surface area contributed by atoms with E-state index in [0.29, 0.717) is 30.1 Å². The summed E-state index contributed by atoms with van der Waals surface area (Å²) in [6.45, 7) is 0.314. The van der Waals surface area contributed by atoms with E-state index in [2.05, 4.69) is 11.8 Å². The highest BCUT2D eigenvalue weighted by Crippen LogP contribution is 2.23. The molecule has 0 atom stereocenters. The Bertz CT molecular complexity index is 599. The largest absolute Gasteiger partial charge is 0.497 e. The second-order valence-electron chi connectivity index (χ2n) is 4.13. The van der Waals surface area contributed by atoms with E-state index in [1.165, 1.54) is 6.26 Å². The molecule has 0 aliphatic heterocycles. The molecule has 0 unspecified atom stereocenters. The van der Waals surface area contributed by atoms with Crippen molar-refractivity contribution in [2.75, 3.05) is 31.6 Å². The van der Waals surface area contributed by atoms with Crippen LogP contribution in [0.2, 0.25) is 0 Å². The smallest absolute Gasteiger partial charge is 0.147 e. The molecule has 0 amide bonds. The lowest BCUT2D eigenvalue weighted by Gasteiger charge is -2.09. The van der Waals surface area contributed by atoms with Crippen LogP contribution >= 0.6 is 11.6 Å². The molecular weight excluding hydrogens is 300 g/mol. The Morgan fingerprint density at radius 3 is 2.70 bits per heavy atom. The van der Waals surface area contributed by atoms with Gasteiger partial charge in [-0.15, -0.1) is 11.6 Å². The van der Waals surface area contributed by atoms with Gasteiger partial charge in [-0.1, -0.05) is 11.8 Å². The fraction of sp³-hybridized carbons (Fsp3) is 0.429. The van der Waals surface area contributed by atoms with Crippen LogP contribution in [0.3, 0.4) is 0 Å². The van der Waals surface area contributed by atoms with Gasteiger partial charge in [0, 0.05) is 6.26 Å². The minimum Gasteiger partial charge on any atom is -0.497 e. The van der Waals surface area contributed by atoms with Gasteiger partial charge in [-0.25, -0.2) is 8.42 Å². The molecule has 0 heterocycles. The summed E-state index contributed by atoms with van der Waals surface area (Å²) in [7, 11) is -1.39.